The highest BCUT2D eigenvalue weighted by atomic mass is 16.2. The van der Waals surface area contributed by atoms with Gasteiger partial charge in [0.05, 0.1) is 0 Å². The first-order valence-corrected chi connectivity index (χ1v) is 9.66. The summed E-state index contributed by atoms with van der Waals surface area (Å²) in [5, 5.41) is 0. The minimum Gasteiger partial charge on any atom is -0.393 e. The van der Waals surface area contributed by atoms with Crippen LogP contribution in [0.15, 0.2) is 0 Å². The van der Waals surface area contributed by atoms with Gasteiger partial charge in [0.1, 0.15) is 0 Å². The summed E-state index contributed by atoms with van der Waals surface area (Å²) in [5.74, 6) is 1.36. The molecule has 4 unspecified atom stereocenters. The van der Waals surface area contributed by atoms with Crippen molar-refractivity contribution in [3.8, 4) is 0 Å². The lowest BCUT2D eigenvalue weighted by atomic mass is 9.70. The molecular formula is C19H34BNO. The molecule has 0 aromatic heterocycles. The molecule has 0 aromatic carbocycles. The van der Waals surface area contributed by atoms with Crippen LogP contribution in [0.2, 0.25) is 0 Å². The first kappa shape index (κ1) is 16.4. The first-order valence-electron chi connectivity index (χ1n) is 9.66. The molecule has 0 radical (unpaired) electrons. The second-order valence-corrected chi connectivity index (χ2v) is 9.38. The van der Waals surface area contributed by atoms with Crippen LogP contribution in [-0.4, -0.2) is 25.2 Å². The summed E-state index contributed by atoms with van der Waals surface area (Å²) in [5.41, 5.74) is 0.878. The molecule has 0 aromatic rings. The molecule has 1 amide bonds. The highest BCUT2D eigenvalue weighted by Gasteiger charge is 2.45. The fraction of sp³-hybridized carbons (Fsp3) is 0.947. The summed E-state index contributed by atoms with van der Waals surface area (Å²) in [4.78, 5) is 14.7. The number of hydrogen-bond acceptors (Lipinski definition) is 1. The Bertz CT molecular complexity index is 426. The summed E-state index contributed by atoms with van der Waals surface area (Å²) in [7, 11) is 2.02. The van der Waals surface area contributed by atoms with Crippen molar-refractivity contribution in [3.63, 3.8) is 0 Å². The van der Waals surface area contributed by atoms with Crippen LogP contribution in [0.25, 0.3) is 0 Å². The van der Waals surface area contributed by atoms with E-state index in [0.717, 1.165) is 13.0 Å². The molecule has 4 atom stereocenters. The Kier molecular flexibility index (Phi) is 4.62. The van der Waals surface area contributed by atoms with E-state index < -0.39 is 0 Å². The third-order valence-electron chi connectivity index (χ3n) is 7.11. The maximum atomic E-state index is 12.7. The van der Waals surface area contributed by atoms with Gasteiger partial charge in [-0.25, -0.2) is 0 Å². The minimum absolute atomic E-state index is 0.312. The van der Waals surface area contributed by atoms with Gasteiger partial charge in [0.25, 0.3) is 0 Å². The van der Waals surface area contributed by atoms with Gasteiger partial charge in [-0.15, -0.1) is 0 Å². The molecule has 2 aliphatic carbocycles. The summed E-state index contributed by atoms with van der Waals surface area (Å²) >= 11 is 0. The molecular weight excluding hydrogens is 269 g/mol. The van der Waals surface area contributed by atoms with Crippen molar-refractivity contribution < 1.29 is 4.79 Å². The first-order chi connectivity index (χ1) is 10.4. The van der Waals surface area contributed by atoms with Crippen molar-refractivity contribution in [2.24, 2.45) is 22.7 Å². The van der Waals surface area contributed by atoms with Crippen molar-refractivity contribution in [2.75, 3.05) is 6.54 Å². The summed E-state index contributed by atoms with van der Waals surface area (Å²) in [6.45, 7) is 6.01. The number of rotatable bonds is 0. The Morgan fingerprint density at radius 2 is 1.45 bits per heavy atom. The Balaban J connectivity index is 1.91. The standard InChI is InChI=1S/C19H34BNO/c1-18-8-5-3-4-6-9-19(2,11-7-10-18)13-16-15(12-18)14-21(20)17(16)22/h15-16H,3-14,20H2,1-2H3. The Hall–Kier alpha value is -0.465. The van der Waals surface area contributed by atoms with E-state index in [1.807, 2.05) is 12.8 Å². The zero-order valence-electron chi connectivity index (χ0n) is 15.0. The molecule has 1 saturated heterocycles. The molecule has 2 nitrogen and oxygen atoms in total. The van der Waals surface area contributed by atoms with Gasteiger partial charge < -0.3 is 4.81 Å². The fourth-order valence-corrected chi connectivity index (χ4v) is 5.74. The minimum atomic E-state index is 0.312. The highest BCUT2D eigenvalue weighted by Crippen LogP contribution is 2.50. The zero-order valence-corrected chi connectivity index (χ0v) is 15.0. The van der Waals surface area contributed by atoms with Crippen LogP contribution in [-0.2, 0) is 4.79 Å². The van der Waals surface area contributed by atoms with E-state index in [2.05, 4.69) is 13.8 Å². The van der Waals surface area contributed by atoms with E-state index >= 15 is 0 Å². The largest absolute Gasteiger partial charge is 0.393 e. The third-order valence-corrected chi connectivity index (χ3v) is 7.11. The van der Waals surface area contributed by atoms with Crippen LogP contribution in [0, 0.1) is 22.7 Å². The molecule has 3 heteroatoms. The lowest BCUT2D eigenvalue weighted by Crippen LogP contribution is -2.29. The van der Waals surface area contributed by atoms with E-state index in [1.165, 1.54) is 64.2 Å². The third kappa shape index (κ3) is 3.38. The van der Waals surface area contributed by atoms with E-state index in [9.17, 15) is 4.79 Å². The molecule has 3 fully saturated rings. The SMILES string of the molecule is BN1CC2CC3(C)CCCCCCC(C)(CCC3)CC2C1=O. The molecule has 0 N–H and O–H groups in total. The van der Waals surface area contributed by atoms with Crippen LogP contribution in [0.1, 0.15) is 84.5 Å². The Morgan fingerprint density at radius 3 is 2.09 bits per heavy atom. The number of fused-ring (bicyclic) bond motifs is 5. The van der Waals surface area contributed by atoms with E-state index in [0.29, 0.717) is 28.6 Å². The lowest BCUT2D eigenvalue weighted by molar-refractivity contribution is -0.128. The van der Waals surface area contributed by atoms with E-state index in [4.69, 9.17) is 0 Å². The van der Waals surface area contributed by atoms with Crippen molar-refractivity contribution >= 4 is 13.9 Å². The second kappa shape index (κ2) is 6.21. The zero-order chi connectivity index (χ0) is 15.8. The highest BCUT2D eigenvalue weighted by molar-refractivity contribution is 6.15. The summed E-state index contributed by atoms with van der Waals surface area (Å²) < 4.78 is 0. The van der Waals surface area contributed by atoms with Gasteiger partial charge in [-0.2, -0.15) is 0 Å². The molecule has 22 heavy (non-hydrogen) atoms. The molecule has 1 heterocycles. The molecule has 2 bridgehead atoms. The molecule has 3 rings (SSSR count). The number of nitrogens with zero attached hydrogens (tertiary/aromatic N) is 1. The van der Waals surface area contributed by atoms with E-state index in [-0.39, 0.29) is 0 Å². The van der Waals surface area contributed by atoms with Gasteiger partial charge in [-0.1, -0.05) is 46.0 Å². The number of carbonyl (C=O) groups excluding carboxylic acids is 1. The lowest BCUT2D eigenvalue weighted by Gasteiger charge is -2.34. The smallest absolute Gasteiger partial charge is 0.221 e. The predicted molar refractivity (Wildman–Crippen MR) is 94.2 cm³/mol. The Morgan fingerprint density at radius 1 is 0.909 bits per heavy atom. The molecule has 124 valence electrons. The van der Waals surface area contributed by atoms with E-state index in [1.54, 1.807) is 0 Å². The average Bonchev–Trinajstić information content (AvgIpc) is 2.69. The molecule has 2 saturated carbocycles. The second-order valence-electron chi connectivity index (χ2n) is 9.38. The topological polar surface area (TPSA) is 20.3 Å². The molecule has 1 aliphatic heterocycles. The molecule has 3 aliphatic rings. The van der Waals surface area contributed by atoms with Crippen LogP contribution >= 0.6 is 0 Å². The van der Waals surface area contributed by atoms with Crippen molar-refractivity contribution in [2.45, 2.75) is 84.5 Å². The van der Waals surface area contributed by atoms with Crippen LogP contribution in [0.5, 0.6) is 0 Å². The van der Waals surface area contributed by atoms with Gasteiger partial charge >= 0.3 is 0 Å². The molecule has 0 spiro atoms. The monoisotopic (exact) mass is 303 g/mol. The number of hydrogen-bond donors (Lipinski definition) is 0. The quantitative estimate of drug-likeness (QED) is 0.621. The van der Waals surface area contributed by atoms with Crippen molar-refractivity contribution in [1.82, 2.24) is 4.81 Å². The van der Waals surface area contributed by atoms with Crippen molar-refractivity contribution in [3.05, 3.63) is 0 Å². The van der Waals surface area contributed by atoms with Gasteiger partial charge in [0.2, 0.25) is 13.9 Å². The van der Waals surface area contributed by atoms with Gasteiger partial charge in [0, 0.05) is 12.5 Å². The van der Waals surface area contributed by atoms with Crippen LogP contribution < -0.4 is 0 Å². The van der Waals surface area contributed by atoms with Gasteiger partial charge in [-0.05, 0) is 55.3 Å². The van der Waals surface area contributed by atoms with Gasteiger partial charge in [-0.3, -0.25) is 4.79 Å². The van der Waals surface area contributed by atoms with Crippen LogP contribution in [0.3, 0.4) is 0 Å². The fourth-order valence-electron chi connectivity index (χ4n) is 5.74. The Labute approximate surface area is 137 Å². The van der Waals surface area contributed by atoms with Crippen LogP contribution in [0.4, 0.5) is 0 Å². The number of carbonyl (C=O) groups is 1. The average molecular weight is 303 g/mol. The van der Waals surface area contributed by atoms with Gasteiger partial charge in [0.15, 0.2) is 0 Å². The predicted octanol–water partition coefficient (Wildman–Crippen LogP) is 3.94. The number of amides is 1. The summed E-state index contributed by atoms with van der Waals surface area (Å²) in [6.07, 6.45) is 14.8. The van der Waals surface area contributed by atoms with Crippen molar-refractivity contribution in [1.29, 1.82) is 0 Å². The normalized spacial score (nSPS) is 44.1. The maximum Gasteiger partial charge on any atom is 0.221 e. The summed E-state index contributed by atoms with van der Waals surface area (Å²) in [6, 6.07) is 0. The maximum absolute atomic E-state index is 12.7.